The van der Waals surface area contributed by atoms with Crippen LogP contribution in [0.15, 0.2) is 24.4 Å². The van der Waals surface area contributed by atoms with Gasteiger partial charge in [-0.15, -0.1) is 0 Å². The zero-order valence-corrected chi connectivity index (χ0v) is 23.2. The maximum atomic E-state index is 6.51. The second-order valence-electron chi connectivity index (χ2n) is 6.85. The van der Waals surface area contributed by atoms with Gasteiger partial charge in [0.2, 0.25) is 0 Å². The Morgan fingerprint density at radius 3 is 1.79 bits per heavy atom. The normalized spacial score (nSPS) is 9.45. The molecule has 0 saturated heterocycles. The molecule has 7 heteroatoms. The van der Waals surface area contributed by atoms with Crippen molar-refractivity contribution in [3.05, 3.63) is 40.1 Å². The third kappa shape index (κ3) is 8.24. The molecule has 2 aromatic heterocycles. The lowest BCUT2D eigenvalue weighted by Gasteiger charge is -2.16. The molecule has 0 amide bonds. The van der Waals surface area contributed by atoms with Gasteiger partial charge >= 0.3 is 0 Å². The Bertz CT molecular complexity index is 965. The summed E-state index contributed by atoms with van der Waals surface area (Å²) in [4.78, 5) is 9.04. The van der Waals surface area contributed by atoms with Crippen LogP contribution in [-0.4, -0.2) is 31.2 Å². The number of nitrogens with zero attached hydrogens (tertiary/aromatic N) is 2. The molecular formula is C26H39Cl2N3O2. The van der Waals surface area contributed by atoms with E-state index in [0.717, 1.165) is 16.5 Å². The van der Waals surface area contributed by atoms with Gasteiger partial charge in [-0.25, -0.2) is 4.98 Å². The Morgan fingerprint density at radius 2 is 1.36 bits per heavy atom. The number of anilines is 1. The molecule has 0 fully saturated rings. The summed E-state index contributed by atoms with van der Waals surface area (Å²) in [5, 5.41) is 5.77. The third-order valence-electron chi connectivity index (χ3n) is 3.92. The Hall–Kier alpha value is -2.24. The van der Waals surface area contributed by atoms with Gasteiger partial charge in [0.1, 0.15) is 17.3 Å². The molecule has 0 aliphatic carbocycles. The zero-order valence-electron chi connectivity index (χ0n) is 21.7. The highest BCUT2D eigenvalue weighted by Gasteiger charge is 2.21. The molecular weight excluding hydrogens is 457 g/mol. The molecule has 3 rings (SSSR count). The predicted molar refractivity (Wildman–Crippen MR) is 146 cm³/mol. The lowest BCUT2D eigenvalue weighted by molar-refractivity contribution is 0.395. The van der Waals surface area contributed by atoms with Crippen LogP contribution in [0.25, 0.3) is 22.0 Å². The van der Waals surface area contributed by atoms with E-state index in [9.17, 15) is 0 Å². The minimum Gasteiger partial charge on any atom is -0.495 e. The van der Waals surface area contributed by atoms with Crippen molar-refractivity contribution < 1.29 is 9.47 Å². The van der Waals surface area contributed by atoms with Crippen LogP contribution >= 0.6 is 23.2 Å². The number of halogens is 2. The van der Waals surface area contributed by atoms with Crippen molar-refractivity contribution in [1.29, 1.82) is 0 Å². The third-order valence-corrected chi connectivity index (χ3v) is 4.67. The van der Waals surface area contributed by atoms with Gasteiger partial charge in [0.25, 0.3) is 0 Å². The Morgan fingerprint density at radius 1 is 0.879 bits per heavy atom. The number of aromatic nitrogens is 2. The number of nitrogens with one attached hydrogen (secondary N) is 1. The number of pyridine rings is 2. The molecule has 0 saturated carbocycles. The summed E-state index contributed by atoms with van der Waals surface area (Å²) in [6.07, 6.45) is 4.30. The van der Waals surface area contributed by atoms with Gasteiger partial charge in [-0.2, -0.15) is 0 Å². The van der Waals surface area contributed by atoms with Gasteiger partial charge < -0.3 is 14.8 Å². The highest BCUT2D eigenvalue weighted by atomic mass is 35.5. The number of rotatable bonds is 4. The zero-order chi connectivity index (χ0) is 25.6. The summed E-state index contributed by atoms with van der Waals surface area (Å²) in [6.45, 7) is 14.4. The summed E-state index contributed by atoms with van der Waals surface area (Å²) in [7, 11) is 4.90. The molecule has 0 atom stereocenters. The first kappa shape index (κ1) is 30.8. The molecule has 0 aliphatic heterocycles. The Balaban J connectivity index is 0.00000113. The maximum absolute atomic E-state index is 6.51. The monoisotopic (exact) mass is 495 g/mol. The van der Waals surface area contributed by atoms with Crippen LogP contribution in [-0.2, 0) is 0 Å². The molecule has 1 aromatic carbocycles. The molecule has 2 heterocycles. The SMILES string of the molecule is CC.CCC.CCC.CNc1nc(-c2c(Cl)c(OC)cc(OC)c2Cl)cc2cnc(C)cc12. The average Bonchev–Trinajstić information content (AvgIpc) is 2.81. The lowest BCUT2D eigenvalue weighted by Crippen LogP contribution is -1.99. The second kappa shape index (κ2) is 16.4. The molecule has 1 N–H and O–H groups in total. The van der Waals surface area contributed by atoms with Crippen LogP contribution in [0.1, 0.15) is 60.1 Å². The van der Waals surface area contributed by atoms with Crippen LogP contribution in [0.4, 0.5) is 5.82 Å². The van der Waals surface area contributed by atoms with Gasteiger partial charge in [-0.05, 0) is 19.1 Å². The van der Waals surface area contributed by atoms with Gasteiger partial charge in [0.05, 0.1) is 30.0 Å². The van der Waals surface area contributed by atoms with Gasteiger partial charge in [-0.1, -0.05) is 77.6 Å². The Kier molecular flexibility index (Phi) is 15.3. The quantitative estimate of drug-likeness (QED) is 0.391. The van der Waals surface area contributed by atoms with E-state index in [2.05, 4.69) is 43.0 Å². The van der Waals surface area contributed by atoms with E-state index in [4.69, 9.17) is 32.7 Å². The second-order valence-corrected chi connectivity index (χ2v) is 7.61. The molecule has 3 aromatic rings. The minimum absolute atomic E-state index is 0.377. The molecule has 0 aliphatic rings. The van der Waals surface area contributed by atoms with Crippen LogP contribution in [0.2, 0.25) is 10.0 Å². The molecule has 0 bridgehead atoms. The number of methoxy groups -OCH3 is 2. The number of hydrogen-bond donors (Lipinski definition) is 1. The minimum atomic E-state index is 0.377. The van der Waals surface area contributed by atoms with Crippen molar-refractivity contribution in [3.8, 4) is 22.8 Å². The topological polar surface area (TPSA) is 56.3 Å². The van der Waals surface area contributed by atoms with Crippen molar-refractivity contribution >= 4 is 39.8 Å². The summed E-state index contributed by atoms with van der Waals surface area (Å²) in [5.74, 6) is 1.65. The number of fused-ring (bicyclic) bond motifs is 1. The fourth-order valence-electron chi connectivity index (χ4n) is 2.68. The van der Waals surface area contributed by atoms with E-state index in [0.29, 0.717) is 38.6 Å². The van der Waals surface area contributed by atoms with Crippen molar-refractivity contribution in [2.75, 3.05) is 26.6 Å². The van der Waals surface area contributed by atoms with E-state index in [1.165, 1.54) is 27.1 Å². The first-order valence-corrected chi connectivity index (χ1v) is 12.1. The first-order valence-electron chi connectivity index (χ1n) is 11.4. The summed E-state index contributed by atoms with van der Waals surface area (Å²) in [5.41, 5.74) is 2.07. The lowest BCUT2D eigenvalue weighted by atomic mass is 10.1. The van der Waals surface area contributed by atoms with E-state index >= 15 is 0 Å². The molecule has 0 spiro atoms. The average molecular weight is 497 g/mol. The largest absolute Gasteiger partial charge is 0.495 e. The fraction of sp³-hybridized carbons (Fsp3) is 0.462. The molecule has 0 radical (unpaired) electrons. The molecule has 0 unspecified atom stereocenters. The number of ether oxygens (including phenoxy) is 2. The maximum Gasteiger partial charge on any atom is 0.141 e. The predicted octanol–water partition coefficient (Wildman–Crippen LogP) is 8.83. The smallest absolute Gasteiger partial charge is 0.141 e. The number of benzene rings is 1. The molecule has 33 heavy (non-hydrogen) atoms. The van der Waals surface area contributed by atoms with E-state index in [-0.39, 0.29) is 0 Å². The van der Waals surface area contributed by atoms with Gasteiger partial charge in [0, 0.05) is 41.3 Å². The number of aryl methyl sites for hydroxylation is 1. The van der Waals surface area contributed by atoms with E-state index < -0.39 is 0 Å². The highest BCUT2D eigenvalue weighted by Crippen LogP contribution is 2.46. The molecule has 5 nitrogen and oxygen atoms in total. The van der Waals surface area contributed by atoms with E-state index in [1.807, 2.05) is 40.0 Å². The highest BCUT2D eigenvalue weighted by molar-refractivity contribution is 6.41. The van der Waals surface area contributed by atoms with Crippen molar-refractivity contribution in [3.63, 3.8) is 0 Å². The van der Waals surface area contributed by atoms with Crippen LogP contribution < -0.4 is 14.8 Å². The van der Waals surface area contributed by atoms with Crippen LogP contribution in [0, 0.1) is 6.92 Å². The van der Waals surface area contributed by atoms with Crippen molar-refractivity contribution in [1.82, 2.24) is 9.97 Å². The van der Waals surface area contributed by atoms with Crippen LogP contribution in [0.3, 0.4) is 0 Å². The van der Waals surface area contributed by atoms with Gasteiger partial charge in [0.15, 0.2) is 0 Å². The summed E-state index contributed by atoms with van der Waals surface area (Å²) in [6, 6.07) is 5.53. The first-order chi connectivity index (χ1) is 15.8. The Labute approximate surface area is 209 Å². The standard InChI is InChI=1S/C18H17Cl2N3O2.2C3H8.C2H6/c1-9-5-11-10(8-22-9)6-12(23-18(11)21-2)15-16(19)13(24-3)7-14(25-4)17(15)20;2*1-3-2;1-2/h5-8H,1-4H3,(H,21,23);2*3H2,1-2H3;1-2H3. The van der Waals surface area contributed by atoms with Crippen LogP contribution in [0.5, 0.6) is 11.5 Å². The summed E-state index contributed by atoms with van der Waals surface area (Å²) < 4.78 is 10.7. The van der Waals surface area contributed by atoms with Gasteiger partial charge in [-0.3, -0.25) is 4.98 Å². The number of hydrogen-bond acceptors (Lipinski definition) is 5. The van der Waals surface area contributed by atoms with Crippen molar-refractivity contribution in [2.24, 2.45) is 0 Å². The summed E-state index contributed by atoms with van der Waals surface area (Å²) >= 11 is 13.0. The fourth-order valence-corrected chi connectivity index (χ4v) is 3.37. The molecule has 184 valence electrons. The van der Waals surface area contributed by atoms with E-state index in [1.54, 1.807) is 12.3 Å². The van der Waals surface area contributed by atoms with Crippen molar-refractivity contribution in [2.45, 2.75) is 61.3 Å².